The lowest BCUT2D eigenvalue weighted by molar-refractivity contribution is 0.685. The predicted octanol–water partition coefficient (Wildman–Crippen LogP) is 3.25. The summed E-state index contributed by atoms with van der Waals surface area (Å²) in [7, 11) is 0. The van der Waals surface area contributed by atoms with E-state index in [1.807, 2.05) is 4.68 Å². The Morgan fingerprint density at radius 3 is 2.81 bits per heavy atom. The Bertz CT molecular complexity index is 704. The van der Waals surface area contributed by atoms with Crippen LogP contribution in [0.2, 0.25) is 0 Å². The van der Waals surface area contributed by atoms with Gasteiger partial charge in [0, 0.05) is 12.2 Å². The van der Waals surface area contributed by atoms with Crippen LogP contribution in [0.1, 0.15) is 16.7 Å². The second-order valence-corrected chi connectivity index (χ2v) is 5.07. The van der Waals surface area contributed by atoms with Crippen LogP contribution in [0.4, 0.5) is 5.69 Å². The van der Waals surface area contributed by atoms with Gasteiger partial charge < -0.3 is 5.32 Å². The molecule has 4 nitrogen and oxygen atoms in total. The average Bonchev–Trinajstić information content (AvgIpc) is 3.00. The van der Waals surface area contributed by atoms with Crippen LogP contribution in [0.3, 0.4) is 0 Å². The Morgan fingerprint density at radius 2 is 2.00 bits per heavy atom. The molecule has 0 fully saturated rings. The highest BCUT2D eigenvalue weighted by Crippen LogP contribution is 2.14. The number of aryl methyl sites for hydroxylation is 1. The third-order valence-corrected chi connectivity index (χ3v) is 3.48. The van der Waals surface area contributed by atoms with Crippen molar-refractivity contribution in [3.05, 3.63) is 77.9 Å². The van der Waals surface area contributed by atoms with Crippen molar-refractivity contribution in [2.24, 2.45) is 0 Å². The summed E-state index contributed by atoms with van der Waals surface area (Å²) in [5.74, 6) is 0. The van der Waals surface area contributed by atoms with Gasteiger partial charge in [-0.1, -0.05) is 36.4 Å². The molecule has 0 bridgehead atoms. The molecule has 0 aliphatic rings. The second-order valence-electron chi connectivity index (χ2n) is 5.07. The summed E-state index contributed by atoms with van der Waals surface area (Å²) in [6.07, 6.45) is 3.29. The first-order valence-electron chi connectivity index (χ1n) is 7.01. The van der Waals surface area contributed by atoms with Crippen molar-refractivity contribution in [1.82, 2.24) is 14.8 Å². The highest BCUT2D eigenvalue weighted by atomic mass is 15.3. The number of aromatic nitrogens is 3. The van der Waals surface area contributed by atoms with Crippen LogP contribution in [-0.4, -0.2) is 14.8 Å². The molecule has 106 valence electrons. The molecule has 0 amide bonds. The molecule has 0 radical (unpaired) electrons. The summed E-state index contributed by atoms with van der Waals surface area (Å²) >= 11 is 0. The second kappa shape index (κ2) is 6.22. The molecule has 0 aliphatic carbocycles. The molecular weight excluding hydrogens is 260 g/mol. The summed E-state index contributed by atoms with van der Waals surface area (Å²) in [6.45, 7) is 3.71. The lowest BCUT2D eigenvalue weighted by Crippen LogP contribution is -2.03. The van der Waals surface area contributed by atoms with Crippen LogP contribution in [0.5, 0.6) is 0 Å². The van der Waals surface area contributed by atoms with Crippen LogP contribution in [0, 0.1) is 6.92 Å². The smallest absolute Gasteiger partial charge is 0.137 e. The molecule has 1 aromatic heterocycles. The van der Waals surface area contributed by atoms with E-state index in [2.05, 4.69) is 70.9 Å². The minimum Gasteiger partial charge on any atom is -0.381 e. The summed E-state index contributed by atoms with van der Waals surface area (Å²) < 4.78 is 1.82. The van der Waals surface area contributed by atoms with E-state index in [-0.39, 0.29) is 0 Å². The van der Waals surface area contributed by atoms with E-state index < -0.39 is 0 Å². The van der Waals surface area contributed by atoms with Gasteiger partial charge in [0.05, 0.1) is 6.54 Å². The van der Waals surface area contributed by atoms with Crippen molar-refractivity contribution in [1.29, 1.82) is 0 Å². The fourth-order valence-electron chi connectivity index (χ4n) is 2.29. The largest absolute Gasteiger partial charge is 0.381 e. The van der Waals surface area contributed by atoms with Crippen molar-refractivity contribution >= 4 is 5.69 Å². The first-order chi connectivity index (χ1) is 10.3. The molecule has 1 N–H and O–H groups in total. The molecule has 2 aromatic carbocycles. The van der Waals surface area contributed by atoms with Crippen molar-refractivity contribution in [2.75, 3.05) is 5.32 Å². The third kappa shape index (κ3) is 3.48. The van der Waals surface area contributed by atoms with Gasteiger partial charge >= 0.3 is 0 Å². The van der Waals surface area contributed by atoms with Gasteiger partial charge in [-0.2, -0.15) is 5.10 Å². The Hall–Kier alpha value is -2.62. The molecule has 3 aromatic rings. The average molecular weight is 278 g/mol. The molecule has 21 heavy (non-hydrogen) atoms. The fourth-order valence-corrected chi connectivity index (χ4v) is 2.29. The van der Waals surface area contributed by atoms with Crippen molar-refractivity contribution in [2.45, 2.75) is 20.0 Å². The van der Waals surface area contributed by atoms with Crippen molar-refractivity contribution in [3.63, 3.8) is 0 Å². The van der Waals surface area contributed by atoms with E-state index >= 15 is 0 Å². The number of benzene rings is 2. The molecule has 0 saturated carbocycles. The zero-order valence-corrected chi connectivity index (χ0v) is 12.0. The SMILES string of the molecule is Cc1ccccc1CNc1cccc(Cn2cncn2)c1. The normalized spacial score (nSPS) is 10.5. The van der Waals surface area contributed by atoms with Gasteiger partial charge in [0.2, 0.25) is 0 Å². The monoisotopic (exact) mass is 278 g/mol. The van der Waals surface area contributed by atoms with Gasteiger partial charge in [-0.25, -0.2) is 9.67 Å². The van der Waals surface area contributed by atoms with Gasteiger partial charge in [0.15, 0.2) is 0 Å². The first-order valence-corrected chi connectivity index (χ1v) is 7.01. The van der Waals surface area contributed by atoms with Gasteiger partial charge in [-0.05, 0) is 35.7 Å². The van der Waals surface area contributed by atoms with Crippen LogP contribution in [0.15, 0.2) is 61.2 Å². The van der Waals surface area contributed by atoms with E-state index in [1.54, 1.807) is 12.7 Å². The maximum absolute atomic E-state index is 4.13. The quantitative estimate of drug-likeness (QED) is 0.779. The molecule has 3 rings (SSSR count). The molecule has 0 aliphatic heterocycles. The van der Waals surface area contributed by atoms with E-state index in [1.165, 1.54) is 16.7 Å². The topological polar surface area (TPSA) is 42.7 Å². The summed E-state index contributed by atoms with van der Waals surface area (Å²) in [6, 6.07) is 16.8. The molecule has 0 atom stereocenters. The predicted molar refractivity (Wildman–Crippen MR) is 84.1 cm³/mol. The van der Waals surface area contributed by atoms with E-state index in [4.69, 9.17) is 0 Å². The van der Waals surface area contributed by atoms with Crippen molar-refractivity contribution in [3.8, 4) is 0 Å². The number of anilines is 1. The lowest BCUT2D eigenvalue weighted by Gasteiger charge is -2.10. The summed E-state index contributed by atoms with van der Waals surface area (Å²) in [5.41, 5.74) is 4.95. The number of hydrogen-bond donors (Lipinski definition) is 1. The maximum atomic E-state index is 4.13. The van der Waals surface area contributed by atoms with Crippen LogP contribution in [-0.2, 0) is 13.1 Å². The van der Waals surface area contributed by atoms with Gasteiger partial charge in [0.1, 0.15) is 12.7 Å². The zero-order chi connectivity index (χ0) is 14.5. The van der Waals surface area contributed by atoms with Crippen LogP contribution < -0.4 is 5.32 Å². The van der Waals surface area contributed by atoms with Gasteiger partial charge in [-0.15, -0.1) is 0 Å². The Morgan fingerprint density at radius 1 is 1.10 bits per heavy atom. The first kappa shape index (κ1) is 13.4. The third-order valence-electron chi connectivity index (χ3n) is 3.48. The number of rotatable bonds is 5. The lowest BCUT2D eigenvalue weighted by atomic mass is 10.1. The molecule has 1 heterocycles. The number of nitrogens with zero attached hydrogens (tertiary/aromatic N) is 3. The highest BCUT2D eigenvalue weighted by Gasteiger charge is 2.00. The highest BCUT2D eigenvalue weighted by molar-refractivity contribution is 5.46. The fraction of sp³-hybridized carbons (Fsp3) is 0.176. The Balaban J connectivity index is 1.67. The van der Waals surface area contributed by atoms with Crippen LogP contribution in [0.25, 0.3) is 0 Å². The Labute approximate surface area is 124 Å². The molecule has 0 unspecified atom stereocenters. The van der Waals surface area contributed by atoms with Crippen molar-refractivity contribution < 1.29 is 0 Å². The standard InChI is InChI=1S/C17H18N4/c1-14-5-2-3-7-16(14)10-19-17-8-4-6-15(9-17)11-21-13-18-12-20-21/h2-9,12-13,19H,10-11H2,1H3. The zero-order valence-electron chi connectivity index (χ0n) is 12.0. The molecule has 0 saturated heterocycles. The Kier molecular flexibility index (Phi) is 3.96. The maximum Gasteiger partial charge on any atom is 0.137 e. The van der Waals surface area contributed by atoms with Gasteiger partial charge in [-0.3, -0.25) is 0 Å². The number of nitrogens with one attached hydrogen (secondary N) is 1. The number of hydrogen-bond acceptors (Lipinski definition) is 3. The van der Waals surface area contributed by atoms with Gasteiger partial charge in [0.25, 0.3) is 0 Å². The molecular formula is C17H18N4. The van der Waals surface area contributed by atoms with E-state index in [0.717, 1.165) is 18.8 Å². The minimum atomic E-state index is 0.736. The minimum absolute atomic E-state index is 0.736. The van der Waals surface area contributed by atoms with E-state index in [9.17, 15) is 0 Å². The summed E-state index contributed by atoms with van der Waals surface area (Å²) in [4.78, 5) is 3.96. The summed E-state index contributed by atoms with van der Waals surface area (Å²) in [5, 5.41) is 7.61. The molecule has 0 spiro atoms. The van der Waals surface area contributed by atoms with Crippen LogP contribution >= 0.6 is 0 Å². The van der Waals surface area contributed by atoms with E-state index in [0.29, 0.717) is 0 Å². The molecule has 4 heteroatoms.